The van der Waals surface area contributed by atoms with Crippen molar-refractivity contribution in [3.05, 3.63) is 46.9 Å². The number of halogens is 1. The molecule has 574 valence electrons. The van der Waals surface area contributed by atoms with E-state index in [9.17, 15) is 10.2 Å². The van der Waals surface area contributed by atoms with E-state index in [4.69, 9.17) is 603 Å². The van der Waals surface area contributed by atoms with Crippen LogP contribution in [-0.4, -0.2) is 24.4 Å². The Bertz CT molecular complexity index is 6910. The minimum atomic E-state index is -4.09. The molecule has 1 aliphatic carbocycles. The molecule has 0 aromatic heterocycles. The molecule has 0 spiro atoms. The second kappa shape index (κ2) is 40.3. The molecule has 0 heterocycles. The first-order valence-electron chi connectivity index (χ1n) is 18.3. The molecule has 2 rings (SSSR count). The number of hydrogen-bond acceptors (Lipinski definition) is 58. The van der Waals surface area contributed by atoms with Gasteiger partial charge in [0.15, 0.2) is 11.5 Å². The van der Waals surface area contributed by atoms with Gasteiger partial charge in [0.2, 0.25) is 0 Å². The number of rotatable bonds is 28. The normalized spacial score (nSPS) is 17.9. The molecule has 1 aromatic carbocycles. The number of methoxy groups -OCH3 is 2. The Morgan fingerprint density at radius 3 is 0.510 bits per heavy atom. The summed E-state index contributed by atoms with van der Waals surface area (Å²) in [6.45, 7) is 0. The SMILES string of the molecule is COC1=C(OC)C(O)c2ccccc2C1O.S=S(=S)(I)S(=S)(=S)S(=S)(=S)S(=S)(=S)S(=S)(=S)S(=S)(=S)S(=S)(=S)S(=S)(=S)S(=S)(=S)S(=S)(=S)S(=S)(=S)S(=S)(=S)S(=S)(=S)S(=S)(=S)S(=S)(=S)S(=S)(=S)S(=S)(=S)S(=S)(=S)S(=S)(=S)S(=S)(=S)S(=S)(=S)S(=S)(=S)S(=S)(=S)S(=S)(=S)S(=S)(=S)S(=S)(=S)S[S-].[K+]. The number of aliphatic hydroxyl groups excluding tert-OH is 2. The van der Waals surface area contributed by atoms with Crippen molar-refractivity contribution in [2.45, 2.75) is 12.2 Å². The van der Waals surface area contributed by atoms with Crippen LogP contribution < -0.4 is 51.4 Å². The summed E-state index contributed by atoms with van der Waals surface area (Å²) >= 11 is 320. The molecule has 2 atom stereocenters. The first kappa shape index (κ1) is 120. The van der Waals surface area contributed by atoms with E-state index in [1.165, 1.54) is 14.2 Å². The van der Waals surface area contributed by atoms with E-state index < -0.39 is 146 Å². The van der Waals surface area contributed by atoms with E-state index >= 15 is 0 Å². The standard InChI is InChI=1S/C12H14O4.HIS80.K/c1-15-11-9(13)7-5-3-4-6-8(7)10(14)12(11)16-2;1-56(3,4)58(7,8)60(11,12)62(15,16)64(19,20)66(23,24)68(27,28)70(31,32)72(35,36)74(39,40)76(43,44)78(47,48)80(51,52)81(53,54)79(49,50)77(45,46)75(41,42)73(37,38)71(33,34)69(29,30)67(25,26)65(21,22)63(17,18)61(13,14)59(9,10)57(5,6)55-2;/h3-6,9-10,13-14H,1-2H3;2H;/q;;+1/p-1. The van der Waals surface area contributed by atoms with E-state index in [0.29, 0.717) is 21.0 Å². The summed E-state index contributed by atoms with van der Waals surface area (Å²) < 4.78 is 7.42. The monoisotopic (exact) mass is 2950 g/mol. The van der Waals surface area contributed by atoms with Crippen molar-refractivity contribution in [2.24, 2.45) is 0 Å². The van der Waals surface area contributed by atoms with E-state index in [1.807, 2.05) is 0 Å². The fourth-order valence-corrected chi connectivity index (χ4v) is 614. The topological polar surface area (TPSA) is 58.9 Å². The fraction of sp³-hybridized carbons (Fsp3) is 0.333. The average molecular weight is 2950 g/mol. The van der Waals surface area contributed by atoms with Crippen molar-refractivity contribution in [2.75, 3.05) is 14.2 Å². The summed E-state index contributed by atoms with van der Waals surface area (Å²) in [7, 11) is 3.50. The van der Waals surface area contributed by atoms with Gasteiger partial charge in [-0.25, -0.2) is 9.83 Å². The summed E-state index contributed by atoms with van der Waals surface area (Å²) in [5, 5.41) is -75.5. The molecule has 1 aliphatic rings. The van der Waals surface area contributed by atoms with Crippen molar-refractivity contribution in [1.29, 1.82) is 0 Å². The molecule has 0 aliphatic heterocycles. The van der Waals surface area contributed by atoms with E-state index in [1.54, 1.807) is 45.5 Å². The molecule has 0 amide bonds. The Morgan fingerprint density at radius 1 is 0.276 bits per heavy atom. The maximum absolute atomic E-state index is 10.1. The van der Waals surface area contributed by atoms with Gasteiger partial charge in [-0.3, -0.25) is 0 Å². The zero-order chi connectivity index (χ0) is 79.4. The molecule has 4 nitrogen and oxygen atoms in total. The summed E-state index contributed by atoms with van der Waals surface area (Å²) in [5.74, 6) is 0.516. The van der Waals surface area contributed by atoms with Crippen molar-refractivity contribution in [3.63, 3.8) is 0 Å². The Hall–Kier alpha value is 22.1. The number of hydrogen-bond donors (Lipinski definition) is 2. The van der Waals surface area contributed by atoms with Gasteiger partial charge in [-0.2, -0.15) is 0 Å². The second-order valence-corrected chi connectivity index (χ2v) is 298. The minimum Gasteiger partial charge on any atom is -0.706 e. The first-order chi connectivity index (χ1) is 41.5. The third kappa shape index (κ3) is 19.9. The van der Waals surface area contributed by atoms with Crippen LogP contribution in [-0.2, 0) is 737 Å². The van der Waals surface area contributed by atoms with E-state index in [0.717, 1.165) is 0 Å². The Labute approximate surface area is 876 Å². The average Bonchev–Trinajstić information content (AvgIpc) is 0.682. The quantitative estimate of drug-likeness (QED) is 0.0377. The van der Waals surface area contributed by atoms with E-state index in [2.05, 4.69) is 0 Å². The molecule has 98 heavy (non-hydrogen) atoms. The van der Waals surface area contributed by atoms with E-state index in [-0.39, 0.29) is 62.9 Å². The van der Waals surface area contributed by atoms with Crippen LogP contribution in [0.5, 0.6) is 0 Å². The van der Waals surface area contributed by atoms with Crippen LogP contribution in [0.15, 0.2) is 35.8 Å². The number of benzene rings is 1. The molecule has 1 aromatic rings. The molecule has 0 saturated carbocycles. The van der Waals surface area contributed by atoms with Crippen LogP contribution in [0.25, 0.3) is 0 Å². The largest absolute Gasteiger partial charge is 1.00 e. The van der Waals surface area contributed by atoms with Crippen molar-refractivity contribution < 1.29 is 71.1 Å². The van der Waals surface area contributed by atoms with Crippen LogP contribution in [0, 0.1) is 0 Å². The van der Waals surface area contributed by atoms with Crippen LogP contribution in [0.2, 0.25) is 0 Å². The fourth-order valence-electron chi connectivity index (χ4n) is 4.47. The summed E-state index contributed by atoms with van der Waals surface area (Å²) in [5.41, 5.74) is 1.29. The zero-order valence-electron chi connectivity index (χ0n) is 43.2. The van der Waals surface area contributed by atoms with Crippen molar-refractivity contribution in [3.8, 4) is 0 Å². The van der Waals surface area contributed by atoms with Gasteiger partial charge in [0, 0.05) is 155 Å². The van der Waals surface area contributed by atoms with Gasteiger partial charge in [0.1, 0.15) is 12.2 Å². The van der Waals surface area contributed by atoms with Crippen molar-refractivity contribution >= 4 is 758 Å². The maximum atomic E-state index is 10.1. The van der Waals surface area contributed by atoms with Gasteiger partial charge in [-0.15, -0.1) is 0 Å². The third-order valence-electron chi connectivity index (χ3n) is 9.09. The minimum absolute atomic E-state index is 0. The predicted molar refractivity (Wildman–Crippen MR) is 661 cm³/mol. The number of ether oxygens (including phenoxy) is 2. The summed E-state index contributed by atoms with van der Waals surface area (Å²) in [4.78, 5) is 0. The van der Waals surface area contributed by atoms with Crippen LogP contribution in [0.3, 0.4) is 0 Å². The first-order valence-corrected chi connectivity index (χ1v) is 127. The van der Waals surface area contributed by atoms with Gasteiger partial charge in [-0.1, -0.05) is 24.3 Å². The Morgan fingerprint density at radius 2 is 0.398 bits per heavy atom. The maximum Gasteiger partial charge on any atom is 1.00 e. The second-order valence-electron chi connectivity index (χ2n) is 14.2. The van der Waals surface area contributed by atoms with Crippen molar-refractivity contribution in [1.82, 2.24) is 0 Å². The van der Waals surface area contributed by atoms with Gasteiger partial charge in [0.25, 0.3) is 0 Å². The molecule has 2 unspecified atom stereocenters. The number of aliphatic hydroxyl groups is 2. The van der Waals surface area contributed by atoms with Gasteiger partial charge in [-0.05, 0) is 593 Å². The smallest absolute Gasteiger partial charge is 0.706 e. The van der Waals surface area contributed by atoms with Crippen LogP contribution in [0.4, 0.5) is 0 Å². The number of fused-ring (bicyclic) bond motifs is 1. The molecule has 86 heteroatoms. The predicted octanol–water partition coefficient (Wildman–Crippen LogP) is -0.380. The molecule has 0 fully saturated rings. The Balaban J connectivity index is 0.00000477. The van der Waals surface area contributed by atoms with Crippen LogP contribution in [0.1, 0.15) is 23.3 Å². The van der Waals surface area contributed by atoms with Gasteiger partial charge >= 0.3 is 51.4 Å². The molecule has 2 N–H and O–H groups in total. The summed E-state index contributed by atoms with van der Waals surface area (Å²) in [6.07, 6.45) is -1.78. The molecule has 0 bridgehead atoms. The summed E-state index contributed by atoms with van der Waals surface area (Å²) in [6, 6.07) is 7.13. The molecular weight excluding hydrogens is 2940 g/mol. The Kier molecular flexibility index (Phi) is 49.3. The van der Waals surface area contributed by atoms with Gasteiger partial charge in [0.05, 0.1) is 14.2 Å². The van der Waals surface area contributed by atoms with Crippen LogP contribution >= 0.6 is 31.0 Å². The molecule has 0 saturated heterocycles. The molecular formula is C12H14IKO4S80. The molecule has 0 radical (unpaired) electrons. The third-order valence-corrected chi connectivity index (χ3v) is 523. The zero-order valence-corrected chi connectivity index (χ0v) is 114. The van der Waals surface area contributed by atoms with Gasteiger partial charge < -0.3 is 31.3 Å².